The van der Waals surface area contributed by atoms with E-state index in [1.54, 1.807) is 0 Å². The van der Waals surface area contributed by atoms with Gasteiger partial charge in [0.2, 0.25) is 0 Å². The lowest BCUT2D eigenvalue weighted by molar-refractivity contribution is 0.573. The van der Waals surface area contributed by atoms with Gasteiger partial charge in [-0.05, 0) is 81.3 Å². The SMILES string of the molecule is CCNC(=NCc1ccnc(N2CCCCC2)c1)NC(C)c1cccc(N2CCCC2)c1.I. The zero-order valence-corrected chi connectivity index (χ0v) is 22.4. The quantitative estimate of drug-likeness (QED) is 0.279. The van der Waals surface area contributed by atoms with E-state index in [1.165, 1.54) is 62.0 Å². The van der Waals surface area contributed by atoms with E-state index >= 15 is 0 Å². The fourth-order valence-electron chi connectivity index (χ4n) is 4.60. The van der Waals surface area contributed by atoms with Crippen molar-refractivity contribution in [3.05, 3.63) is 53.7 Å². The molecule has 2 fully saturated rings. The number of halogens is 1. The number of pyridine rings is 1. The molecule has 4 rings (SSSR count). The van der Waals surface area contributed by atoms with Crippen LogP contribution >= 0.6 is 24.0 Å². The number of aliphatic imine (C=N–C) groups is 1. The second-order valence-electron chi connectivity index (χ2n) is 8.92. The summed E-state index contributed by atoms with van der Waals surface area (Å²) in [5, 5.41) is 7.00. The number of rotatable bonds is 7. The number of benzene rings is 1. The Balaban J connectivity index is 0.00000306. The summed E-state index contributed by atoms with van der Waals surface area (Å²) in [6.07, 6.45) is 8.36. The first kappa shape index (κ1) is 25.6. The van der Waals surface area contributed by atoms with Crippen molar-refractivity contribution < 1.29 is 0 Å². The number of hydrogen-bond acceptors (Lipinski definition) is 4. The van der Waals surface area contributed by atoms with Crippen molar-refractivity contribution >= 4 is 41.4 Å². The minimum Gasteiger partial charge on any atom is -0.372 e. The molecule has 1 unspecified atom stereocenters. The molecule has 2 aliphatic rings. The van der Waals surface area contributed by atoms with Crippen LogP contribution in [0.5, 0.6) is 0 Å². The van der Waals surface area contributed by atoms with E-state index in [0.717, 1.165) is 31.4 Å². The average molecular weight is 563 g/mol. The summed E-state index contributed by atoms with van der Waals surface area (Å²) in [6.45, 7) is 10.3. The van der Waals surface area contributed by atoms with Crippen molar-refractivity contribution in [1.82, 2.24) is 15.6 Å². The molecular formula is C26H39IN6. The molecule has 0 bridgehead atoms. The number of guanidine groups is 1. The Morgan fingerprint density at radius 3 is 2.48 bits per heavy atom. The summed E-state index contributed by atoms with van der Waals surface area (Å²) in [4.78, 5) is 14.4. The summed E-state index contributed by atoms with van der Waals surface area (Å²) >= 11 is 0. The Bertz CT molecular complexity index is 890. The number of anilines is 2. The first-order valence-corrected chi connectivity index (χ1v) is 12.3. The number of aromatic nitrogens is 1. The Labute approximate surface area is 216 Å². The van der Waals surface area contributed by atoms with Crippen molar-refractivity contribution in [2.75, 3.05) is 42.5 Å². The van der Waals surface area contributed by atoms with Crippen LogP contribution in [0.25, 0.3) is 0 Å². The van der Waals surface area contributed by atoms with E-state index in [1.807, 2.05) is 6.20 Å². The highest BCUT2D eigenvalue weighted by atomic mass is 127. The predicted molar refractivity (Wildman–Crippen MR) is 150 cm³/mol. The van der Waals surface area contributed by atoms with Crippen LogP contribution in [0.4, 0.5) is 11.5 Å². The van der Waals surface area contributed by atoms with Crippen LogP contribution in [0.1, 0.15) is 63.1 Å². The maximum Gasteiger partial charge on any atom is 0.192 e. The lowest BCUT2D eigenvalue weighted by atomic mass is 10.1. The molecular weight excluding hydrogens is 523 g/mol. The summed E-state index contributed by atoms with van der Waals surface area (Å²) in [7, 11) is 0. The molecule has 2 aromatic rings. The zero-order chi connectivity index (χ0) is 22.2. The third kappa shape index (κ3) is 7.22. The van der Waals surface area contributed by atoms with Gasteiger partial charge < -0.3 is 20.4 Å². The topological polar surface area (TPSA) is 55.8 Å². The number of nitrogens with zero attached hydrogens (tertiary/aromatic N) is 4. The molecule has 6 nitrogen and oxygen atoms in total. The standard InChI is InChI=1S/C26H38N6.HI/c1-3-27-26(29-20-22-12-13-28-25(18-22)32-16-5-4-6-17-32)30-21(2)23-10-9-11-24(19-23)31-14-7-8-15-31;/h9-13,18-19,21H,3-8,14-17,20H2,1-2H3,(H2,27,29,30);1H. The molecule has 2 saturated heterocycles. The lowest BCUT2D eigenvalue weighted by Gasteiger charge is -2.27. The average Bonchev–Trinajstić information content (AvgIpc) is 3.39. The van der Waals surface area contributed by atoms with Crippen molar-refractivity contribution in [1.29, 1.82) is 0 Å². The number of nitrogens with one attached hydrogen (secondary N) is 2. The van der Waals surface area contributed by atoms with E-state index in [2.05, 4.69) is 75.7 Å². The van der Waals surface area contributed by atoms with Gasteiger partial charge in [0.25, 0.3) is 0 Å². The third-order valence-electron chi connectivity index (χ3n) is 6.45. The molecule has 7 heteroatoms. The molecule has 1 aromatic heterocycles. The van der Waals surface area contributed by atoms with Crippen LogP contribution in [0.15, 0.2) is 47.6 Å². The van der Waals surface area contributed by atoms with E-state index in [0.29, 0.717) is 6.54 Å². The van der Waals surface area contributed by atoms with Gasteiger partial charge in [0, 0.05) is 44.6 Å². The predicted octanol–water partition coefficient (Wildman–Crippen LogP) is 5.11. The fraction of sp³-hybridized carbons (Fsp3) is 0.538. The monoisotopic (exact) mass is 562 g/mol. The number of piperidine rings is 1. The van der Waals surface area contributed by atoms with Crippen molar-refractivity contribution in [3.63, 3.8) is 0 Å². The zero-order valence-electron chi connectivity index (χ0n) is 20.1. The maximum absolute atomic E-state index is 4.87. The number of hydrogen-bond donors (Lipinski definition) is 2. The summed E-state index contributed by atoms with van der Waals surface area (Å²) < 4.78 is 0. The first-order chi connectivity index (χ1) is 15.7. The lowest BCUT2D eigenvalue weighted by Crippen LogP contribution is -2.38. The molecule has 0 spiro atoms. The van der Waals surface area contributed by atoms with Crippen LogP contribution < -0.4 is 20.4 Å². The molecule has 0 radical (unpaired) electrons. The minimum atomic E-state index is 0. The van der Waals surface area contributed by atoms with Crippen LogP contribution in [0.3, 0.4) is 0 Å². The van der Waals surface area contributed by atoms with Gasteiger partial charge in [0.1, 0.15) is 5.82 Å². The summed E-state index contributed by atoms with van der Waals surface area (Å²) in [5.41, 5.74) is 3.82. The molecule has 0 amide bonds. The normalized spacial score (nSPS) is 17.5. The van der Waals surface area contributed by atoms with Crippen LogP contribution in [0.2, 0.25) is 0 Å². The highest BCUT2D eigenvalue weighted by molar-refractivity contribution is 14.0. The second-order valence-corrected chi connectivity index (χ2v) is 8.92. The van der Waals surface area contributed by atoms with Gasteiger partial charge in [-0.25, -0.2) is 9.98 Å². The van der Waals surface area contributed by atoms with Crippen LogP contribution in [-0.2, 0) is 6.54 Å². The van der Waals surface area contributed by atoms with Gasteiger partial charge >= 0.3 is 0 Å². The molecule has 3 heterocycles. The summed E-state index contributed by atoms with van der Waals surface area (Å²) in [5.74, 6) is 1.94. The van der Waals surface area contributed by atoms with Crippen molar-refractivity contribution in [2.24, 2.45) is 4.99 Å². The highest BCUT2D eigenvalue weighted by Crippen LogP contribution is 2.24. The first-order valence-electron chi connectivity index (χ1n) is 12.3. The molecule has 33 heavy (non-hydrogen) atoms. The molecule has 1 aromatic carbocycles. The van der Waals surface area contributed by atoms with Gasteiger partial charge in [-0.15, -0.1) is 24.0 Å². The van der Waals surface area contributed by atoms with Gasteiger partial charge in [0.15, 0.2) is 5.96 Å². The van der Waals surface area contributed by atoms with E-state index in [-0.39, 0.29) is 30.0 Å². The van der Waals surface area contributed by atoms with E-state index < -0.39 is 0 Å². The van der Waals surface area contributed by atoms with E-state index in [9.17, 15) is 0 Å². The third-order valence-corrected chi connectivity index (χ3v) is 6.45. The molecule has 2 aliphatic heterocycles. The van der Waals surface area contributed by atoms with E-state index in [4.69, 9.17) is 4.99 Å². The van der Waals surface area contributed by atoms with Gasteiger partial charge in [-0.2, -0.15) is 0 Å². The van der Waals surface area contributed by atoms with Crippen molar-refractivity contribution in [2.45, 2.75) is 58.5 Å². The fourth-order valence-corrected chi connectivity index (χ4v) is 4.60. The summed E-state index contributed by atoms with van der Waals surface area (Å²) in [6, 6.07) is 13.4. The minimum absolute atomic E-state index is 0. The molecule has 180 valence electrons. The van der Waals surface area contributed by atoms with Gasteiger partial charge in [-0.1, -0.05) is 12.1 Å². The smallest absolute Gasteiger partial charge is 0.192 e. The Hall–Kier alpha value is -2.03. The van der Waals surface area contributed by atoms with Gasteiger partial charge in [-0.3, -0.25) is 0 Å². The highest BCUT2D eigenvalue weighted by Gasteiger charge is 2.15. The molecule has 0 aliphatic carbocycles. The van der Waals surface area contributed by atoms with Crippen molar-refractivity contribution in [3.8, 4) is 0 Å². The maximum atomic E-state index is 4.87. The Morgan fingerprint density at radius 2 is 1.73 bits per heavy atom. The Kier molecular flexibility index (Phi) is 10.1. The molecule has 0 saturated carbocycles. The Morgan fingerprint density at radius 1 is 1.00 bits per heavy atom. The second kappa shape index (κ2) is 13.0. The van der Waals surface area contributed by atoms with Crippen LogP contribution in [-0.4, -0.2) is 43.7 Å². The van der Waals surface area contributed by atoms with Crippen LogP contribution in [0, 0.1) is 0 Å². The molecule has 2 N–H and O–H groups in total. The van der Waals surface area contributed by atoms with Gasteiger partial charge in [0.05, 0.1) is 12.6 Å². The largest absolute Gasteiger partial charge is 0.372 e. The molecule has 1 atom stereocenters.